The molecule has 2 aromatic rings. The summed E-state index contributed by atoms with van der Waals surface area (Å²) < 4.78 is 5.36. The van der Waals surface area contributed by atoms with Crippen molar-refractivity contribution in [1.29, 1.82) is 0 Å². The number of nitrogens with zero attached hydrogens (tertiary/aromatic N) is 4. The smallest absolute Gasteiger partial charge is 0.232 e. The fourth-order valence-corrected chi connectivity index (χ4v) is 4.35. The lowest BCUT2D eigenvalue weighted by Gasteiger charge is -2.36. The molecule has 2 aromatic heterocycles. The van der Waals surface area contributed by atoms with Gasteiger partial charge in [-0.1, -0.05) is 6.92 Å². The van der Waals surface area contributed by atoms with Gasteiger partial charge in [-0.3, -0.25) is 0 Å². The van der Waals surface area contributed by atoms with Crippen LogP contribution < -0.4 is 20.4 Å². The zero-order chi connectivity index (χ0) is 20.9. The molecule has 162 valence electrons. The summed E-state index contributed by atoms with van der Waals surface area (Å²) in [6.07, 6.45) is 7.75. The monoisotopic (exact) mass is 428 g/mol. The number of furan rings is 1. The van der Waals surface area contributed by atoms with E-state index in [1.54, 1.807) is 6.26 Å². The van der Waals surface area contributed by atoms with Crippen molar-refractivity contribution < 1.29 is 4.42 Å². The average Bonchev–Trinajstić information content (AvgIpc) is 3.27. The minimum atomic E-state index is 0.486. The standard InChI is InChI=1S/C22H32N6OS/c1-16-8-11-27(12-9-16)19-14-20(28-10-4-3-6-17(28)2)25-21(24-19)26-22(30)23-15-18-7-5-13-29-18/h5,7,13-14,16-17H,3-4,6,8-12,15H2,1-2H3,(H2,23,24,25,26,30)/t17-/m1/s1. The van der Waals surface area contributed by atoms with E-state index in [0.717, 1.165) is 42.9 Å². The van der Waals surface area contributed by atoms with E-state index in [2.05, 4.69) is 40.3 Å². The van der Waals surface area contributed by atoms with Crippen LogP contribution in [0.2, 0.25) is 0 Å². The lowest BCUT2D eigenvalue weighted by atomic mass is 9.99. The van der Waals surface area contributed by atoms with E-state index in [0.29, 0.717) is 23.6 Å². The van der Waals surface area contributed by atoms with Crippen LogP contribution in [0.25, 0.3) is 0 Å². The fourth-order valence-electron chi connectivity index (χ4n) is 4.19. The maximum absolute atomic E-state index is 5.48. The molecule has 1 atom stereocenters. The van der Waals surface area contributed by atoms with Gasteiger partial charge < -0.3 is 24.9 Å². The first kappa shape index (κ1) is 20.9. The summed E-state index contributed by atoms with van der Waals surface area (Å²) in [5.74, 6) is 4.14. The highest BCUT2D eigenvalue weighted by molar-refractivity contribution is 7.80. The highest BCUT2D eigenvalue weighted by atomic mass is 32.1. The van der Waals surface area contributed by atoms with Gasteiger partial charge in [-0.25, -0.2) is 0 Å². The number of piperidine rings is 2. The largest absolute Gasteiger partial charge is 0.467 e. The molecule has 4 heterocycles. The van der Waals surface area contributed by atoms with Gasteiger partial charge >= 0.3 is 0 Å². The van der Waals surface area contributed by atoms with Crippen LogP contribution in [0.4, 0.5) is 17.6 Å². The van der Waals surface area contributed by atoms with Gasteiger partial charge in [0.2, 0.25) is 5.95 Å². The first-order valence-corrected chi connectivity index (χ1v) is 11.5. The van der Waals surface area contributed by atoms with Crippen molar-refractivity contribution in [3.05, 3.63) is 30.2 Å². The van der Waals surface area contributed by atoms with Crippen LogP contribution in [0.5, 0.6) is 0 Å². The molecule has 7 nitrogen and oxygen atoms in total. The summed E-state index contributed by atoms with van der Waals surface area (Å²) >= 11 is 5.48. The predicted octanol–water partition coefficient (Wildman–Crippen LogP) is 4.17. The second-order valence-electron chi connectivity index (χ2n) is 8.50. The van der Waals surface area contributed by atoms with E-state index in [1.807, 2.05) is 12.1 Å². The second-order valence-corrected chi connectivity index (χ2v) is 8.91. The molecule has 0 spiro atoms. The molecule has 0 amide bonds. The number of hydrogen-bond donors (Lipinski definition) is 2. The quantitative estimate of drug-likeness (QED) is 0.688. The summed E-state index contributed by atoms with van der Waals surface area (Å²) in [7, 11) is 0. The van der Waals surface area contributed by atoms with Gasteiger partial charge in [0.25, 0.3) is 0 Å². The van der Waals surface area contributed by atoms with Crippen molar-refractivity contribution >= 4 is 34.9 Å². The van der Waals surface area contributed by atoms with Crippen LogP contribution in [0.15, 0.2) is 28.9 Å². The van der Waals surface area contributed by atoms with Crippen molar-refractivity contribution in [3.63, 3.8) is 0 Å². The maximum Gasteiger partial charge on any atom is 0.232 e. The summed E-state index contributed by atoms with van der Waals surface area (Å²) in [5.41, 5.74) is 0. The van der Waals surface area contributed by atoms with Crippen LogP contribution in [-0.2, 0) is 6.54 Å². The number of anilines is 3. The SMILES string of the molecule is CC1CCN(c2cc(N3CCCC[C@H]3C)nc(NC(=S)NCc3ccco3)n2)CC1. The van der Waals surface area contributed by atoms with Crippen LogP contribution in [0.1, 0.15) is 51.7 Å². The number of aromatic nitrogens is 2. The van der Waals surface area contributed by atoms with Crippen LogP contribution in [0.3, 0.4) is 0 Å². The first-order valence-electron chi connectivity index (χ1n) is 11.1. The summed E-state index contributed by atoms with van der Waals surface area (Å²) in [5, 5.41) is 6.85. The van der Waals surface area contributed by atoms with Crippen molar-refractivity contribution in [3.8, 4) is 0 Å². The molecule has 0 aliphatic carbocycles. The predicted molar refractivity (Wildman–Crippen MR) is 125 cm³/mol. The Kier molecular flexibility index (Phi) is 6.72. The van der Waals surface area contributed by atoms with E-state index >= 15 is 0 Å². The van der Waals surface area contributed by atoms with E-state index in [1.165, 1.54) is 32.1 Å². The van der Waals surface area contributed by atoms with Crippen LogP contribution in [-0.4, -0.2) is 40.8 Å². The van der Waals surface area contributed by atoms with Crippen LogP contribution >= 0.6 is 12.2 Å². The van der Waals surface area contributed by atoms with Crippen molar-refractivity contribution in [2.45, 2.75) is 58.5 Å². The summed E-state index contributed by atoms with van der Waals surface area (Å²) in [4.78, 5) is 14.4. The van der Waals surface area contributed by atoms with Gasteiger partial charge in [-0.2, -0.15) is 9.97 Å². The number of thiocarbonyl (C=S) groups is 1. The summed E-state index contributed by atoms with van der Waals surface area (Å²) in [6.45, 7) is 8.25. The molecule has 8 heteroatoms. The van der Waals surface area contributed by atoms with Crippen molar-refractivity contribution in [2.24, 2.45) is 5.92 Å². The highest BCUT2D eigenvalue weighted by Gasteiger charge is 2.24. The van der Waals surface area contributed by atoms with Crippen molar-refractivity contribution in [1.82, 2.24) is 15.3 Å². The molecule has 2 aliphatic rings. The molecule has 0 aromatic carbocycles. The fraction of sp³-hybridized carbons (Fsp3) is 0.591. The Labute approximate surface area is 184 Å². The minimum absolute atomic E-state index is 0.486. The number of nitrogens with one attached hydrogen (secondary N) is 2. The third kappa shape index (κ3) is 5.22. The lowest BCUT2D eigenvalue weighted by Crippen LogP contribution is -2.39. The average molecular weight is 429 g/mol. The molecule has 0 bridgehead atoms. The molecule has 2 N–H and O–H groups in total. The normalized spacial score (nSPS) is 20.3. The van der Waals surface area contributed by atoms with Gasteiger partial charge in [0.05, 0.1) is 12.8 Å². The van der Waals surface area contributed by atoms with Crippen LogP contribution in [0, 0.1) is 5.92 Å². The minimum Gasteiger partial charge on any atom is -0.467 e. The molecular formula is C22H32N6OS. The Balaban J connectivity index is 1.52. The zero-order valence-electron chi connectivity index (χ0n) is 17.9. The topological polar surface area (TPSA) is 69.5 Å². The Bertz CT molecular complexity index is 834. The van der Waals surface area contributed by atoms with Gasteiger partial charge in [-0.15, -0.1) is 0 Å². The Hall–Kier alpha value is -2.35. The molecule has 4 rings (SSSR count). The lowest BCUT2D eigenvalue weighted by molar-refractivity contribution is 0.436. The molecule has 2 saturated heterocycles. The molecular weight excluding hydrogens is 396 g/mol. The molecule has 0 saturated carbocycles. The van der Waals surface area contributed by atoms with Gasteiger partial charge in [0.1, 0.15) is 17.4 Å². The molecule has 2 fully saturated rings. The van der Waals surface area contributed by atoms with Gasteiger partial charge in [0.15, 0.2) is 5.11 Å². The van der Waals surface area contributed by atoms with E-state index < -0.39 is 0 Å². The third-order valence-corrected chi connectivity index (χ3v) is 6.38. The van der Waals surface area contributed by atoms with Gasteiger partial charge in [0, 0.05) is 31.7 Å². The van der Waals surface area contributed by atoms with E-state index in [9.17, 15) is 0 Å². The molecule has 30 heavy (non-hydrogen) atoms. The first-order chi connectivity index (χ1) is 14.6. The Morgan fingerprint density at radius 1 is 1.13 bits per heavy atom. The second kappa shape index (κ2) is 9.64. The number of rotatable bonds is 5. The Morgan fingerprint density at radius 3 is 2.67 bits per heavy atom. The number of hydrogen-bond acceptors (Lipinski definition) is 6. The van der Waals surface area contributed by atoms with Crippen molar-refractivity contribution in [2.75, 3.05) is 34.8 Å². The summed E-state index contributed by atoms with van der Waals surface area (Å²) in [6, 6.07) is 6.42. The zero-order valence-corrected chi connectivity index (χ0v) is 18.7. The molecule has 0 unspecified atom stereocenters. The maximum atomic E-state index is 5.48. The molecule has 2 aliphatic heterocycles. The Morgan fingerprint density at radius 2 is 1.93 bits per heavy atom. The van der Waals surface area contributed by atoms with E-state index in [4.69, 9.17) is 26.6 Å². The molecule has 0 radical (unpaired) electrons. The van der Waals surface area contributed by atoms with Gasteiger partial charge in [-0.05, 0) is 69.3 Å². The van der Waals surface area contributed by atoms with E-state index in [-0.39, 0.29) is 0 Å². The third-order valence-electron chi connectivity index (χ3n) is 6.13. The highest BCUT2D eigenvalue weighted by Crippen LogP contribution is 2.29.